The standard InChI is InChI=1S/C20H14O4/c1-3-5-7-11-15-23-19(21)17-13-9-10-14-18(17)20(22)24-16-12-8-6-4-2/h1-2,9-10,13-14H,5-8H2. The Labute approximate surface area is 141 Å². The largest absolute Gasteiger partial charge is 0.368 e. The average Bonchev–Trinajstić information content (AvgIpc) is 2.61. The zero-order valence-corrected chi connectivity index (χ0v) is 12.9. The Balaban J connectivity index is 2.76. The molecule has 0 saturated carbocycles. The second kappa shape index (κ2) is 11.0. The summed E-state index contributed by atoms with van der Waals surface area (Å²) in [5.74, 6) is 8.52. The fraction of sp³-hybridized carbons (Fsp3) is 0.200. The van der Waals surface area contributed by atoms with Gasteiger partial charge < -0.3 is 9.47 Å². The van der Waals surface area contributed by atoms with E-state index in [4.69, 9.17) is 22.3 Å². The van der Waals surface area contributed by atoms with E-state index in [1.165, 1.54) is 12.1 Å². The molecule has 0 atom stereocenters. The van der Waals surface area contributed by atoms with Crippen molar-refractivity contribution in [3.05, 3.63) is 35.4 Å². The Morgan fingerprint density at radius 3 is 1.58 bits per heavy atom. The van der Waals surface area contributed by atoms with E-state index in [2.05, 4.69) is 35.9 Å². The van der Waals surface area contributed by atoms with Gasteiger partial charge in [-0.05, 0) is 12.1 Å². The van der Waals surface area contributed by atoms with Crippen LogP contribution < -0.4 is 0 Å². The van der Waals surface area contributed by atoms with E-state index in [1.807, 2.05) is 0 Å². The molecule has 0 amide bonds. The van der Waals surface area contributed by atoms with Gasteiger partial charge in [0.05, 0.1) is 11.1 Å². The fourth-order valence-corrected chi connectivity index (χ4v) is 1.49. The van der Waals surface area contributed by atoms with E-state index in [1.54, 1.807) is 12.1 Å². The summed E-state index contributed by atoms with van der Waals surface area (Å²) in [6, 6.07) is 6.07. The number of unbranched alkanes of at least 4 members (excludes halogenated alkanes) is 2. The molecule has 24 heavy (non-hydrogen) atoms. The van der Waals surface area contributed by atoms with Crippen molar-refractivity contribution in [3.63, 3.8) is 0 Å². The van der Waals surface area contributed by atoms with Crippen molar-refractivity contribution >= 4 is 11.9 Å². The molecule has 0 aromatic heterocycles. The zero-order chi connectivity index (χ0) is 17.6. The molecule has 0 fully saturated rings. The molecule has 1 rings (SSSR count). The van der Waals surface area contributed by atoms with Crippen LogP contribution in [0.5, 0.6) is 0 Å². The lowest BCUT2D eigenvalue weighted by Gasteiger charge is -2.03. The number of carbonyl (C=O) groups is 2. The van der Waals surface area contributed by atoms with E-state index in [0.717, 1.165) is 0 Å². The van der Waals surface area contributed by atoms with Gasteiger partial charge in [0, 0.05) is 25.7 Å². The van der Waals surface area contributed by atoms with Crippen LogP contribution >= 0.6 is 0 Å². The number of benzene rings is 1. The first-order chi connectivity index (χ1) is 11.7. The molecule has 0 unspecified atom stereocenters. The smallest absolute Gasteiger partial charge is 0.352 e. The van der Waals surface area contributed by atoms with Crippen LogP contribution in [0, 0.1) is 48.7 Å². The third kappa shape index (κ3) is 6.44. The third-order valence-electron chi connectivity index (χ3n) is 2.59. The molecule has 4 heteroatoms. The van der Waals surface area contributed by atoms with E-state index in [9.17, 15) is 9.59 Å². The molecule has 0 N–H and O–H groups in total. The summed E-state index contributed by atoms with van der Waals surface area (Å²) < 4.78 is 9.58. The number of carbonyl (C=O) groups excluding carboxylic acids is 2. The summed E-state index contributed by atoms with van der Waals surface area (Å²) in [7, 11) is 0. The normalized spacial score (nSPS) is 8.25. The second-order valence-corrected chi connectivity index (χ2v) is 4.29. The highest BCUT2D eigenvalue weighted by Gasteiger charge is 2.18. The Bertz CT molecular complexity index is 729. The lowest BCUT2D eigenvalue weighted by atomic mass is 10.1. The topological polar surface area (TPSA) is 52.6 Å². The van der Waals surface area contributed by atoms with Gasteiger partial charge in [-0.1, -0.05) is 24.0 Å². The van der Waals surface area contributed by atoms with E-state index in [-0.39, 0.29) is 11.1 Å². The minimum atomic E-state index is -0.754. The van der Waals surface area contributed by atoms with Crippen LogP contribution in [0.1, 0.15) is 46.4 Å². The number of hydrogen-bond donors (Lipinski definition) is 0. The van der Waals surface area contributed by atoms with Crippen molar-refractivity contribution in [1.29, 1.82) is 0 Å². The SMILES string of the molecule is C#CCCC#COC(=O)c1ccccc1C(=O)OC#CCCC#C. The number of ether oxygens (including phenoxy) is 2. The molecule has 0 saturated heterocycles. The molecular weight excluding hydrogens is 304 g/mol. The first-order valence-corrected chi connectivity index (χ1v) is 7.04. The van der Waals surface area contributed by atoms with Crippen LogP contribution in [-0.2, 0) is 9.47 Å². The van der Waals surface area contributed by atoms with Gasteiger partial charge in [-0.15, -0.1) is 24.7 Å². The lowest BCUT2D eigenvalue weighted by molar-refractivity contribution is 0.0646. The van der Waals surface area contributed by atoms with Crippen molar-refractivity contribution in [3.8, 4) is 48.7 Å². The van der Waals surface area contributed by atoms with Crippen molar-refractivity contribution < 1.29 is 19.1 Å². The molecular formula is C20H14O4. The van der Waals surface area contributed by atoms with Crippen LogP contribution in [0.4, 0.5) is 0 Å². The van der Waals surface area contributed by atoms with E-state index < -0.39 is 11.9 Å². The summed E-state index contributed by atoms with van der Waals surface area (Å²) in [6.07, 6.45) is 16.4. The number of esters is 2. The first-order valence-electron chi connectivity index (χ1n) is 7.04. The maximum absolute atomic E-state index is 12.0. The second-order valence-electron chi connectivity index (χ2n) is 4.29. The molecule has 1 aromatic rings. The summed E-state index contributed by atoms with van der Waals surface area (Å²) >= 11 is 0. The average molecular weight is 318 g/mol. The van der Waals surface area contributed by atoms with Crippen LogP contribution in [0.15, 0.2) is 24.3 Å². The molecule has 0 aliphatic carbocycles. The molecule has 0 radical (unpaired) electrons. The van der Waals surface area contributed by atoms with E-state index in [0.29, 0.717) is 25.7 Å². The molecule has 0 bridgehead atoms. The van der Waals surface area contributed by atoms with Crippen molar-refractivity contribution in [2.24, 2.45) is 0 Å². The van der Waals surface area contributed by atoms with Gasteiger partial charge >= 0.3 is 11.9 Å². The van der Waals surface area contributed by atoms with Gasteiger partial charge in [0.1, 0.15) is 12.2 Å². The summed E-state index contributed by atoms with van der Waals surface area (Å²) in [5, 5.41) is 0. The molecule has 118 valence electrons. The summed E-state index contributed by atoms with van der Waals surface area (Å²) in [6.45, 7) is 0. The van der Waals surface area contributed by atoms with Gasteiger partial charge in [-0.3, -0.25) is 0 Å². The molecule has 0 aliphatic heterocycles. The highest BCUT2D eigenvalue weighted by Crippen LogP contribution is 2.11. The number of hydrogen-bond acceptors (Lipinski definition) is 4. The quantitative estimate of drug-likeness (QED) is 0.487. The predicted octanol–water partition coefficient (Wildman–Crippen LogP) is 2.75. The lowest BCUT2D eigenvalue weighted by Crippen LogP contribution is -2.11. The molecule has 0 aliphatic rings. The van der Waals surface area contributed by atoms with Crippen LogP contribution in [0.3, 0.4) is 0 Å². The Kier molecular flexibility index (Phi) is 8.48. The molecule has 4 nitrogen and oxygen atoms in total. The number of terminal acetylenes is 2. The molecule has 0 heterocycles. The maximum atomic E-state index is 12.0. The van der Waals surface area contributed by atoms with Gasteiger partial charge in [0.15, 0.2) is 0 Å². The van der Waals surface area contributed by atoms with Crippen molar-refractivity contribution in [2.45, 2.75) is 25.7 Å². The minimum absolute atomic E-state index is 0.0409. The Morgan fingerprint density at radius 2 is 1.21 bits per heavy atom. The summed E-state index contributed by atoms with van der Waals surface area (Å²) in [4.78, 5) is 24.0. The van der Waals surface area contributed by atoms with Gasteiger partial charge in [0.25, 0.3) is 0 Å². The van der Waals surface area contributed by atoms with Gasteiger partial charge in [-0.25, -0.2) is 9.59 Å². The monoisotopic (exact) mass is 318 g/mol. The minimum Gasteiger partial charge on any atom is -0.368 e. The van der Waals surface area contributed by atoms with Crippen molar-refractivity contribution in [2.75, 3.05) is 0 Å². The van der Waals surface area contributed by atoms with Crippen molar-refractivity contribution in [1.82, 2.24) is 0 Å². The first kappa shape index (κ1) is 18.4. The molecule has 1 aromatic carbocycles. The van der Waals surface area contributed by atoms with Gasteiger partial charge in [-0.2, -0.15) is 0 Å². The molecule has 0 spiro atoms. The summed E-state index contributed by atoms with van der Waals surface area (Å²) in [5.41, 5.74) is 0.0818. The van der Waals surface area contributed by atoms with E-state index >= 15 is 0 Å². The zero-order valence-electron chi connectivity index (χ0n) is 12.9. The predicted molar refractivity (Wildman–Crippen MR) is 89.0 cm³/mol. The van der Waals surface area contributed by atoms with Crippen LogP contribution in [-0.4, -0.2) is 11.9 Å². The third-order valence-corrected chi connectivity index (χ3v) is 2.59. The van der Waals surface area contributed by atoms with Crippen LogP contribution in [0.2, 0.25) is 0 Å². The van der Waals surface area contributed by atoms with Crippen LogP contribution in [0.25, 0.3) is 0 Å². The highest BCUT2D eigenvalue weighted by molar-refractivity contribution is 6.03. The maximum Gasteiger partial charge on any atom is 0.352 e. The Hall–Kier alpha value is -3.60. The fourth-order valence-electron chi connectivity index (χ4n) is 1.49. The Morgan fingerprint density at radius 1 is 0.792 bits per heavy atom. The number of rotatable bonds is 4. The van der Waals surface area contributed by atoms with Gasteiger partial charge in [0.2, 0.25) is 0 Å². The highest BCUT2D eigenvalue weighted by atomic mass is 16.5.